The fraction of sp³-hybridized carbons (Fsp3) is 1.00. The Labute approximate surface area is 59.5 Å². The third kappa shape index (κ3) is 3.81. The van der Waals surface area contributed by atoms with E-state index in [-0.39, 0.29) is 0 Å². The molecule has 0 radical (unpaired) electrons. The molecule has 0 saturated carbocycles. The summed E-state index contributed by atoms with van der Waals surface area (Å²) in [4.78, 5) is 0. The molecule has 8 heavy (non-hydrogen) atoms. The van der Waals surface area contributed by atoms with E-state index < -0.39 is 5.77 Å². The first-order valence-electron chi connectivity index (χ1n) is 2.23. The Bertz CT molecular complexity index is 109. The third-order valence-corrected chi connectivity index (χ3v) is 3.35. The Morgan fingerprint density at radius 2 is 2.38 bits per heavy atom. The van der Waals surface area contributed by atoms with Gasteiger partial charge in [-0.25, -0.2) is 0 Å². The van der Waals surface area contributed by atoms with Crippen LogP contribution >= 0.6 is 17.0 Å². The van der Waals surface area contributed by atoms with Gasteiger partial charge in [0.05, 0.1) is 0 Å². The second-order valence-electron chi connectivity index (χ2n) is 1.17. The average Bonchev–Trinajstić information content (AvgIpc) is 1.67. The highest BCUT2D eigenvalue weighted by molar-refractivity contribution is 8.23. The van der Waals surface area contributed by atoms with Gasteiger partial charge in [-0.2, -0.15) is 0 Å². The predicted molar refractivity (Wildman–Crippen MR) is 40.8 cm³/mol. The van der Waals surface area contributed by atoms with Gasteiger partial charge in [-0.05, 0) is 29.6 Å². The van der Waals surface area contributed by atoms with Crippen molar-refractivity contribution in [1.29, 1.82) is 0 Å². The summed E-state index contributed by atoms with van der Waals surface area (Å²) in [5.41, 5.74) is 0. The van der Waals surface area contributed by atoms with Crippen LogP contribution in [-0.2, 0) is 16.3 Å². The minimum atomic E-state index is -2.12. The summed E-state index contributed by atoms with van der Waals surface area (Å²) >= 11 is 10.4. The lowest BCUT2D eigenvalue weighted by atomic mass is 10.8. The molecule has 0 aliphatic rings. The number of hydrogen-bond acceptors (Lipinski definition) is 2. The van der Waals surface area contributed by atoms with E-state index in [1.54, 1.807) is 0 Å². The van der Waals surface area contributed by atoms with Crippen LogP contribution in [0.5, 0.6) is 0 Å². The Balaban J connectivity index is 3.55. The lowest BCUT2D eigenvalue weighted by Crippen LogP contribution is -2.05. The average molecular weight is 174 g/mol. The first-order valence-corrected chi connectivity index (χ1v) is 5.85. The van der Waals surface area contributed by atoms with Crippen LogP contribution in [0, 0.1) is 0 Å². The van der Waals surface area contributed by atoms with Gasteiger partial charge in [0, 0.05) is 7.11 Å². The van der Waals surface area contributed by atoms with Gasteiger partial charge in [0.1, 0.15) is 0 Å². The molecule has 0 aromatic heterocycles. The molecule has 1 N–H and O–H groups in total. The van der Waals surface area contributed by atoms with E-state index >= 15 is 0 Å². The normalized spacial score (nSPS) is 17.9. The zero-order chi connectivity index (χ0) is 6.62. The standard InChI is InChI=1S/C3H9ClNOPS/c1-3-5-7(4,8)6-2/h3H2,1-2H3,(H,5,8). The predicted octanol–water partition coefficient (Wildman–Crippen LogP) is 1.71. The van der Waals surface area contributed by atoms with E-state index in [2.05, 4.69) is 5.09 Å². The van der Waals surface area contributed by atoms with Crippen molar-refractivity contribution in [2.45, 2.75) is 6.92 Å². The van der Waals surface area contributed by atoms with Crippen molar-refractivity contribution < 1.29 is 4.52 Å². The number of nitrogens with one attached hydrogen (secondary N) is 1. The highest BCUT2D eigenvalue weighted by Gasteiger charge is 2.06. The fourth-order valence-electron chi connectivity index (χ4n) is 0.253. The molecule has 50 valence electrons. The monoisotopic (exact) mass is 173 g/mol. The van der Waals surface area contributed by atoms with Gasteiger partial charge in [-0.3, -0.25) is 5.09 Å². The van der Waals surface area contributed by atoms with Crippen molar-refractivity contribution in [3.8, 4) is 0 Å². The van der Waals surface area contributed by atoms with Gasteiger partial charge in [0.2, 0.25) is 5.77 Å². The van der Waals surface area contributed by atoms with Crippen LogP contribution in [0.1, 0.15) is 6.92 Å². The van der Waals surface area contributed by atoms with Gasteiger partial charge in [-0.1, -0.05) is 6.92 Å². The van der Waals surface area contributed by atoms with Gasteiger partial charge >= 0.3 is 0 Å². The molecule has 0 aliphatic heterocycles. The van der Waals surface area contributed by atoms with Gasteiger partial charge in [-0.15, -0.1) is 0 Å². The van der Waals surface area contributed by atoms with E-state index in [1.807, 2.05) is 6.92 Å². The molecule has 1 unspecified atom stereocenters. The zero-order valence-corrected chi connectivity index (χ0v) is 7.32. The van der Waals surface area contributed by atoms with Crippen LogP contribution in [0.4, 0.5) is 0 Å². The molecule has 0 spiro atoms. The highest BCUT2D eigenvalue weighted by Crippen LogP contribution is 2.46. The van der Waals surface area contributed by atoms with Gasteiger partial charge < -0.3 is 4.52 Å². The van der Waals surface area contributed by atoms with Crippen molar-refractivity contribution in [3.63, 3.8) is 0 Å². The number of rotatable bonds is 3. The third-order valence-electron chi connectivity index (χ3n) is 0.582. The molecule has 1 atom stereocenters. The van der Waals surface area contributed by atoms with E-state index in [0.717, 1.165) is 6.54 Å². The topological polar surface area (TPSA) is 21.3 Å². The zero-order valence-electron chi connectivity index (χ0n) is 4.85. The Morgan fingerprint density at radius 1 is 1.88 bits per heavy atom. The summed E-state index contributed by atoms with van der Waals surface area (Å²) in [6.07, 6.45) is 0. The highest BCUT2D eigenvalue weighted by atomic mass is 35.7. The van der Waals surface area contributed by atoms with E-state index in [0.29, 0.717) is 0 Å². The second kappa shape index (κ2) is 3.80. The van der Waals surface area contributed by atoms with Crippen LogP contribution in [0.3, 0.4) is 0 Å². The summed E-state index contributed by atoms with van der Waals surface area (Å²) < 4.78 is 4.76. The Kier molecular flexibility index (Phi) is 4.21. The van der Waals surface area contributed by atoms with Gasteiger partial charge in [0.25, 0.3) is 0 Å². The molecule has 0 aromatic carbocycles. The largest absolute Gasteiger partial charge is 0.330 e. The van der Waals surface area contributed by atoms with Crippen LogP contribution in [0.15, 0.2) is 0 Å². The fourth-order valence-corrected chi connectivity index (χ4v) is 1.51. The second-order valence-corrected chi connectivity index (χ2v) is 6.39. The Hall–Kier alpha value is 0.860. The van der Waals surface area contributed by atoms with Gasteiger partial charge in [0.15, 0.2) is 0 Å². The van der Waals surface area contributed by atoms with Crippen LogP contribution in [-0.4, -0.2) is 13.7 Å². The molecule has 5 heteroatoms. The molecule has 0 aromatic rings. The molecule has 0 heterocycles. The summed E-state index contributed by atoms with van der Waals surface area (Å²) in [6.45, 7) is 2.69. The summed E-state index contributed by atoms with van der Waals surface area (Å²) in [5.74, 6) is -2.12. The van der Waals surface area contributed by atoms with E-state index in [1.165, 1.54) is 7.11 Å². The van der Waals surface area contributed by atoms with Crippen molar-refractivity contribution in [3.05, 3.63) is 0 Å². The first-order chi connectivity index (χ1) is 3.62. The maximum absolute atomic E-state index is 5.61. The molecule has 2 nitrogen and oxygen atoms in total. The van der Waals surface area contributed by atoms with E-state index in [4.69, 9.17) is 27.6 Å². The molecule has 0 saturated heterocycles. The smallest absolute Gasteiger partial charge is 0.218 e. The lowest BCUT2D eigenvalue weighted by Gasteiger charge is -2.10. The minimum absolute atomic E-state index is 0.759. The molecule has 0 bridgehead atoms. The SMILES string of the molecule is CCNP(=S)(Cl)OC. The summed E-state index contributed by atoms with van der Waals surface area (Å²) in [7, 11) is 1.51. The summed E-state index contributed by atoms with van der Waals surface area (Å²) in [5, 5.41) is 2.84. The van der Waals surface area contributed by atoms with Crippen LogP contribution < -0.4 is 5.09 Å². The van der Waals surface area contributed by atoms with Crippen molar-refractivity contribution in [2.24, 2.45) is 0 Å². The minimum Gasteiger partial charge on any atom is -0.330 e. The summed E-state index contributed by atoms with van der Waals surface area (Å²) in [6, 6.07) is 0. The molecular formula is C3H9ClNOPS. The molecular weight excluding hydrogens is 165 g/mol. The maximum atomic E-state index is 5.61. The maximum Gasteiger partial charge on any atom is 0.218 e. The first kappa shape index (κ1) is 8.86. The lowest BCUT2D eigenvalue weighted by molar-refractivity contribution is 0.462. The molecule has 0 aliphatic carbocycles. The number of hydrogen-bond donors (Lipinski definition) is 1. The van der Waals surface area contributed by atoms with E-state index in [9.17, 15) is 0 Å². The van der Waals surface area contributed by atoms with Crippen LogP contribution in [0.2, 0.25) is 0 Å². The van der Waals surface area contributed by atoms with Crippen molar-refractivity contribution >= 4 is 28.8 Å². The van der Waals surface area contributed by atoms with Crippen molar-refractivity contribution in [1.82, 2.24) is 5.09 Å². The molecule has 0 rings (SSSR count). The molecule has 0 fully saturated rings. The number of halogens is 1. The van der Waals surface area contributed by atoms with Crippen molar-refractivity contribution in [2.75, 3.05) is 13.7 Å². The quantitative estimate of drug-likeness (QED) is 0.657. The molecule has 0 amide bonds. The van der Waals surface area contributed by atoms with Crippen LogP contribution in [0.25, 0.3) is 0 Å². The Morgan fingerprint density at radius 3 is 2.50 bits per heavy atom.